The lowest BCUT2D eigenvalue weighted by molar-refractivity contribution is -0.143. The van der Waals surface area contributed by atoms with Crippen LogP contribution in [0.25, 0.3) is 0 Å². The molecule has 0 aromatic rings. The van der Waals surface area contributed by atoms with Gasteiger partial charge < -0.3 is 21.3 Å². The van der Waals surface area contributed by atoms with Gasteiger partial charge in [0.1, 0.15) is 12.1 Å². The van der Waals surface area contributed by atoms with Crippen molar-refractivity contribution in [1.82, 2.24) is 5.32 Å². The van der Waals surface area contributed by atoms with Gasteiger partial charge in [-0.05, 0) is 12.8 Å². The quantitative estimate of drug-likeness (QED) is 0.484. The number of carboxylic acids is 1. The summed E-state index contributed by atoms with van der Waals surface area (Å²) in [5, 5.41) is 20.4. The minimum absolute atomic E-state index is 0.192. The lowest BCUT2D eigenvalue weighted by Crippen LogP contribution is -2.54. The number of carbonyl (C=O) groups excluding carboxylic acids is 1. The Balaban J connectivity index is 4.52. The van der Waals surface area contributed by atoms with Crippen LogP contribution in [0.3, 0.4) is 0 Å². The summed E-state index contributed by atoms with van der Waals surface area (Å²) in [6, 6.07) is -2.08. The summed E-state index contributed by atoms with van der Waals surface area (Å²) in [6.07, 6.45) is -0.382. The van der Waals surface area contributed by atoms with Gasteiger partial charge in [-0.25, -0.2) is 4.79 Å². The van der Waals surface area contributed by atoms with E-state index in [0.29, 0.717) is 6.42 Å². The number of aliphatic carboxylic acids is 1. The third-order valence-corrected chi connectivity index (χ3v) is 2.60. The summed E-state index contributed by atoms with van der Waals surface area (Å²) in [5.41, 5.74) is 5.40. The number of amides is 1. The van der Waals surface area contributed by atoms with E-state index in [-0.39, 0.29) is 5.92 Å². The molecule has 0 saturated carbocycles. The monoisotopic (exact) mass is 232 g/mol. The molecule has 5 N–H and O–H groups in total. The molecule has 4 atom stereocenters. The molecule has 1 amide bonds. The Labute approximate surface area is 94.8 Å². The summed E-state index contributed by atoms with van der Waals surface area (Å²) in [6.45, 7) is 4.94. The Morgan fingerprint density at radius 1 is 1.38 bits per heavy atom. The van der Waals surface area contributed by atoms with Crippen LogP contribution < -0.4 is 11.1 Å². The van der Waals surface area contributed by atoms with Crippen LogP contribution in [0.4, 0.5) is 0 Å². The zero-order chi connectivity index (χ0) is 12.9. The molecule has 0 spiro atoms. The number of aliphatic hydroxyl groups is 1. The van der Waals surface area contributed by atoms with Crippen LogP contribution in [0.15, 0.2) is 0 Å². The number of rotatable bonds is 6. The van der Waals surface area contributed by atoms with Gasteiger partial charge in [0.2, 0.25) is 5.91 Å². The average Bonchev–Trinajstić information content (AvgIpc) is 2.22. The van der Waals surface area contributed by atoms with Gasteiger partial charge in [0, 0.05) is 0 Å². The lowest BCUT2D eigenvalue weighted by atomic mass is 9.98. The van der Waals surface area contributed by atoms with Crippen LogP contribution in [0.2, 0.25) is 0 Å². The highest BCUT2D eigenvalue weighted by molar-refractivity contribution is 5.87. The fourth-order valence-electron chi connectivity index (χ4n) is 1.15. The van der Waals surface area contributed by atoms with Gasteiger partial charge >= 0.3 is 5.97 Å². The van der Waals surface area contributed by atoms with E-state index in [2.05, 4.69) is 5.32 Å². The third kappa shape index (κ3) is 4.16. The van der Waals surface area contributed by atoms with Crippen molar-refractivity contribution in [2.45, 2.75) is 45.4 Å². The van der Waals surface area contributed by atoms with Gasteiger partial charge in [-0.3, -0.25) is 4.79 Å². The molecule has 6 heteroatoms. The number of carboxylic acid groups (broad SMARTS) is 1. The van der Waals surface area contributed by atoms with Crippen molar-refractivity contribution in [1.29, 1.82) is 0 Å². The number of nitrogens with two attached hydrogens (primary N) is 1. The lowest BCUT2D eigenvalue weighted by Gasteiger charge is -2.23. The maximum atomic E-state index is 11.5. The van der Waals surface area contributed by atoms with E-state index < -0.39 is 30.1 Å². The maximum Gasteiger partial charge on any atom is 0.326 e. The standard InChI is InChI=1S/C10H20N2O4/c1-4-5(2)8(10(15)16)12-9(14)7(11)6(3)13/h5-8,13H,4,11H2,1-3H3,(H,12,14)(H,15,16)/t5-,6-,7-,8-/m0/s1. The molecular weight excluding hydrogens is 212 g/mol. The maximum absolute atomic E-state index is 11.5. The molecule has 94 valence electrons. The molecule has 0 rings (SSSR count). The second kappa shape index (κ2) is 6.44. The molecule has 0 aliphatic heterocycles. The Morgan fingerprint density at radius 2 is 1.88 bits per heavy atom. The first-order chi connectivity index (χ1) is 7.31. The molecule has 16 heavy (non-hydrogen) atoms. The van der Waals surface area contributed by atoms with Crippen molar-refractivity contribution >= 4 is 11.9 Å². The molecule has 0 saturated heterocycles. The topological polar surface area (TPSA) is 113 Å². The van der Waals surface area contributed by atoms with E-state index in [9.17, 15) is 9.59 Å². The first-order valence-corrected chi connectivity index (χ1v) is 5.28. The summed E-state index contributed by atoms with van der Waals surface area (Å²) in [5.74, 6) is -1.94. The summed E-state index contributed by atoms with van der Waals surface area (Å²) in [7, 11) is 0. The van der Waals surface area contributed by atoms with Crippen LogP contribution in [0.1, 0.15) is 27.2 Å². The van der Waals surface area contributed by atoms with Crippen molar-refractivity contribution in [2.75, 3.05) is 0 Å². The Bertz CT molecular complexity index is 255. The van der Waals surface area contributed by atoms with Gasteiger partial charge in [0.15, 0.2) is 0 Å². The molecular formula is C10H20N2O4. The molecule has 0 radical (unpaired) electrons. The predicted molar refractivity (Wildman–Crippen MR) is 58.7 cm³/mol. The highest BCUT2D eigenvalue weighted by Crippen LogP contribution is 2.08. The molecule has 0 aliphatic rings. The van der Waals surface area contributed by atoms with Crippen molar-refractivity contribution in [3.63, 3.8) is 0 Å². The molecule has 0 aliphatic carbocycles. The number of hydrogen-bond donors (Lipinski definition) is 4. The minimum Gasteiger partial charge on any atom is -0.480 e. The van der Waals surface area contributed by atoms with Crippen LogP contribution in [-0.4, -0.2) is 40.3 Å². The van der Waals surface area contributed by atoms with E-state index in [4.69, 9.17) is 15.9 Å². The van der Waals surface area contributed by atoms with Gasteiger partial charge in [-0.15, -0.1) is 0 Å². The SMILES string of the molecule is CC[C@H](C)[C@H](NC(=O)[C@@H](N)[C@H](C)O)C(=O)O. The largest absolute Gasteiger partial charge is 0.480 e. The second-order valence-electron chi connectivity index (χ2n) is 3.98. The minimum atomic E-state index is -1.11. The van der Waals surface area contributed by atoms with Gasteiger partial charge in [-0.1, -0.05) is 20.3 Å². The zero-order valence-corrected chi connectivity index (χ0v) is 9.80. The molecule has 6 nitrogen and oxygen atoms in total. The molecule has 0 aromatic carbocycles. The second-order valence-corrected chi connectivity index (χ2v) is 3.98. The third-order valence-electron chi connectivity index (χ3n) is 2.60. The average molecular weight is 232 g/mol. The zero-order valence-electron chi connectivity index (χ0n) is 9.80. The summed E-state index contributed by atoms with van der Waals surface area (Å²) >= 11 is 0. The number of nitrogens with one attached hydrogen (secondary N) is 1. The van der Waals surface area contributed by atoms with Crippen LogP contribution in [0.5, 0.6) is 0 Å². The van der Waals surface area contributed by atoms with E-state index in [1.807, 2.05) is 6.92 Å². The van der Waals surface area contributed by atoms with E-state index in [1.165, 1.54) is 6.92 Å². The Kier molecular flexibility index (Phi) is 5.98. The van der Waals surface area contributed by atoms with Crippen molar-refractivity contribution in [2.24, 2.45) is 11.7 Å². The molecule has 0 aromatic heterocycles. The fraction of sp³-hybridized carbons (Fsp3) is 0.800. The molecule has 0 bridgehead atoms. The fourth-order valence-corrected chi connectivity index (χ4v) is 1.15. The highest BCUT2D eigenvalue weighted by Gasteiger charge is 2.28. The van der Waals surface area contributed by atoms with Gasteiger partial charge in [0.25, 0.3) is 0 Å². The first kappa shape index (κ1) is 14.9. The normalized spacial score (nSPS) is 18.3. The number of aliphatic hydroxyl groups excluding tert-OH is 1. The first-order valence-electron chi connectivity index (χ1n) is 5.28. The van der Waals surface area contributed by atoms with Gasteiger partial charge in [-0.2, -0.15) is 0 Å². The van der Waals surface area contributed by atoms with Crippen molar-refractivity contribution < 1.29 is 19.8 Å². The highest BCUT2D eigenvalue weighted by atomic mass is 16.4. The van der Waals surface area contributed by atoms with Crippen molar-refractivity contribution in [3.8, 4) is 0 Å². The summed E-state index contributed by atoms with van der Waals surface area (Å²) in [4.78, 5) is 22.4. The molecule has 0 fully saturated rings. The van der Waals surface area contributed by atoms with E-state index >= 15 is 0 Å². The number of hydrogen-bond acceptors (Lipinski definition) is 4. The van der Waals surface area contributed by atoms with Crippen LogP contribution >= 0.6 is 0 Å². The van der Waals surface area contributed by atoms with E-state index in [1.54, 1.807) is 6.92 Å². The Morgan fingerprint density at radius 3 is 2.19 bits per heavy atom. The number of carbonyl (C=O) groups is 2. The predicted octanol–water partition coefficient (Wildman–Crippen LogP) is -0.690. The smallest absolute Gasteiger partial charge is 0.326 e. The van der Waals surface area contributed by atoms with Crippen molar-refractivity contribution in [3.05, 3.63) is 0 Å². The van der Waals surface area contributed by atoms with Crippen LogP contribution in [0, 0.1) is 5.92 Å². The molecule has 0 heterocycles. The van der Waals surface area contributed by atoms with E-state index in [0.717, 1.165) is 0 Å². The Hall–Kier alpha value is -1.14. The summed E-state index contributed by atoms with van der Waals surface area (Å²) < 4.78 is 0. The van der Waals surface area contributed by atoms with Gasteiger partial charge in [0.05, 0.1) is 6.10 Å². The van der Waals surface area contributed by atoms with Crippen LogP contribution in [-0.2, 0) is 9.59 Å². The molecule has 0 unspecified atom stereocenters.